The Bertz CT molecular complexity index is 643. The molecule has 1 saturated carbocycles. The van der Waals surface area contributed by atoms with Gasteiger partial charge >= 0.3 is 11.9 Å². The third kappa shape index (κ3) is 6.70. The van der Waals surface area contributed by atoms with Crippen LogP contribution in [0, 0.1) is 17.8 Å². The molecule has 1 aliphatic carbocycles. The van der Waals surface area contributed by atoms with Crippen LogP contribution in [0.25, 0.3) is 0 Å². The van der Waals surface area contributed by atoms with Gasteiger partial charge < -0.3 is 14.8 Å². The van der Waals surface area contributed by atoms with Gasteiger partial charge in [0.2, 0.25) is 0 Å². The third-order valence-corrected chi connectivity index (χ3v) is 5.02. The average Bonchev–Trinajstić information content (AvgIpc) is 2.65. The van der Waals surface area contributed by atoms with Crippen molar-refractivity contribution in [2.75, 3.05) is 13.2 Å². The molecule has 0 aromatic heterocycles. The number of carbonyl (C=O) groups is 3. The lowest BCUT2D eigenvalue weighted by molar-refractivity contribution is -0.166. The van der Waals surface area contributed by atoms with Gasteiger partial charge in [-0.15, -0.1) is 0 Å². The first-order valence-corrected chi connectivity index (χ1v) is 9.55. The summed E-state index contributed by atoms with van der Waals surface area (Å²) in [6.45, 7) is 5.70. The molecule has 6 nitrogen and oxygen atoms in total. The molecule has 1 aromatic carbocycles. The highest BCUT2D eigenvalue weighted by atomic mass is 16.6. The Labute approximate surface area is 160 Å². The van der Waals surface area contributed by atoms with Crippen molar-refractivity contribution >= 4 is 17.8 Å². The molecule has 0 radical (unpaired) electrons. The van der Waals surface area contributed by atoms with E-state index in [1.807, 2.05) is 0 Å². The highest BCUT2D eigenvalue weighted by Gasteiger charge is 2.33. The van der Waals surface area contributed by atoms with Crippen molar-refractivity contribution in [3.63, 3.8) is 0 Å². The highest BCUT2D eigenvalue weighted by molar-refractivity contribution is 5.95. The van der Waals surface area contributed by atoms with Crippen LogP contribution in [0.1, 0.15) is 50.4 Å². The maximum atomic E-state index is 12.1. The van der Waals surface area contributed by atoms with E-state index in [0.717, 1.165) is 19.3 Å². The summed E-state index contributed by atoms with van der Waals surface area (Å²) in [6, 6.07) is 8.57. The van der Waals surface area contributed by atoms with Crippen molar-refractivity contribution in [1.82, 2.24) is 5.32 Å². The van der Waals surface area contributed by atoms with Gasteiger partial charge in [0, 0.05) is 5.56 Å². The molecule has 0 bridgehead atoms. The van der Waals surface area contributed by atoms with Gasteiger partial charge in [-0.3, -0.25) is 9.59 Å². The summed E-state index contributed by atoms with van der Waals surface area (Å²) in [7, 11) is 0. The normalized spacial score (nSPS) is 22.1. The molecule has 0 saturated heterocycles. The lowest BCUT2D eigenvalue weighted by Crippen LogP contribution is -2.37. The van der Waals surface area contributed by atoms with Gasteiger partial charge in [0.05, 0.1) is 0 Å². The Balaban J connectivity index is 1.72. The predicted molar refractivity (Wildman–Crippen MR) is 101 cm³/mol. The molecule has 1 aliphatic rings. The fourth-order valence-electron chi connectivity index (χ4n) is 3.49. The molecule has 1 fully saturated rings. The Morgan fingerprint density at radius 2 is 1.81 bits per heavy atom. The first-order chi connectivity index (χ1) is 12.9. The molecule has 6 heteroatoms. The van der Waals surface area contributed by atoms with E-state index >= 15 is 0 Å². The summed E-state index contributed by atoms with van der Waals surface area (Å²) < 4.78 is 10.5. The first kappa shape index (κ1) is 20.9. The summed E-state index contributed by atoms with van der Waals surface area (Å²) in [5.41, 5.74) is 0.454. The second kappa shape index (κ2) is 10.1. The minimum atomic E-state index is -0.673. The summed E-state index contributed by atoms with van der Waals surface area (Å²) in [5.74, 6) is -0.284. The van der Waals surface area contributed by atoms with Crippen LogP contribution in [-0.2, 0) is 19.1 Å². The van der Waals surface area contributed by atoms with E-state index in [4.69, 9.17) is 9.47 Å². The van der Waals surface area contributed by atoms with Crippen molar-refractivity contribution < 1.29 is 23.9 Å². The zero-order valence-corrected chi connectivity index (χ0v) is 16.3. The van der Waals surface area contributed by atoms with Crippen LogP contribution in [0.3, 0.4) is 0 Å². The smallest absolute Gasteiger partial charge is 0.344 e. The summed E-state index contributed by atoms with van der Waals surface area (Å²) in [5, 5.41) is 2.47. The number of ether oxygens (including phenoxy) is 2. The minimum absolute atomic E-state index is 0.127. The summed E-state index contributed by atoms with van der Waals surface area (Å²) >= 11 is 0. The van der Waals surface area contributed by atoms with Crippen LogP contribution in [-0.4, -0.2) is 37.1 Å². The quantitative estimate of drug-likeness (QED) is 0.741. The van der Waals surface area contributed by atoms with E-state index < -0.39 is 18.5 Å². The molecule has 1 N–H and O–H groups in total. The Morgan fingerprint density at radius 3 is 2.48 bits per heavy atom. The Hall–Kier alpha value is -2.37. The fraction of sp³-hybridized carbons (Fsp3) is 0.571. The molecular weight excluding hydrogens is 346 g/mol. The van der Waals surface area contributed by atoms with Crippen LogP contribution in [0.5, 0.6) is 0 Å². The van der Waals surface area contributed by atoms with Crippen molar-refractivity contribution in [2.24, 2.45) is 17.8 Å². The molecule has 148 valence electrons. The number of rotatable bonds is 7. The molecule has 0 aliphatic heterocycles. The van der Waals surface area contributed by atoms with Crippen LogP contribution in [0.15, 0.2) is 30.3 Å². The van der Waals surface area contributed by atoms with Gasteiger partial charge in [-0.25, -0.2) is 4.79 Å². The molecule has 2 rings (SSSR count). The van der Waals surface area contributed by atoms with Crippen LogP contribution in [0.2, 0.25) is 0 Å². The molecule has 0 spiro atoms. The molecular formula is C21H29NO5. The second-order valence-corrected chi connectivity index (χ2v) is 7.56. The minimum Gasteiger partial charge on any atom is -0.460 e. The van der Waals surface area contributed by atoms with Gasteiger partial charge in [0.15, 0.2) is 6.61 Å². The predicted octanol–water partition coefficient (Wildman–Crippen LogP) is 2.96. The van der Waals surface area contributed by atoms with Crippen molar-refractivity contribution in [1.29, 1.82) is 0 Å². The van der Waals surface area contributed by atoms with Crippen molar-refractivity contribution in [3.05, 3.63) is 35.9 Å². The number of hydrogen-bond donors (Lipinski definition) is 1. The molecule has 0 unspecified atom stereocenters. The first-order valence-electron chi connectivity index (χ1n) is 9.55. The molecule has 1 amide bonds. The monoisotopic (exact) mass is 375 g/mol. The molecule has 3 atom stereocenters. The number of nitrogens with one attached hydrogen (secondary N) is 1. The lowest BCUT2D eigenvalue weighted by atomic mass is 9.75. The van der Waals surface area contributed by atoms with Crippen LogP contribution in [0.4, 0.5) is 0 Å². The zero-order chi connectivity index (χ0) is 19.8. The number of benzene rings is 1. The lowest BCUT2D eigenvalue weighted by Gasteiger charge is -2.36. The topological polar surface area (TPSA) is 81.7 Å². The SMILES string of the molecule is CC(C)[C@@H]1CC[C@@H](C)C[C@H]1OC(=O)COC(=O)CNC(=O)c1ccccc1. The number of hydrogen-bond acceptors (Lipinski definition) is 5. The largest absolute Gasteiger partial charge is 0.460 e. The number of esters is 2. The zero-order valence-electron chi connectivity index (χ0n) is 16.3. The maximum Gasteiger partial charge on any atom is 0.344 e. The van der Waals surface area contributed by atoms with E-state index in [-0.39, 0.29) is 18.6 Å². The molecule has 0 heterocycles. The fourth-order valence-corrected chi connectivity index (χ4v) is 3.49. The van der Waals surface area contributed by atoms with Crippen molar-refractivity contribution in [3.8, 4) is 0 Å². The third-order valence-electron chi connectivity index (χ3n) is 5.02. The number of amides is 1. The summed E-state index contributed by atoms with van der Waals surface area (Å²) in [6.07, 6.45) is 2.91. The Kier molecular flexibility index (Phi) is 7.82. The second-order valence-electron chi connectivity index (χ2n) is 7.56. The maximum absolute atomic E-state index is 12.1. The van der Waals surface area contributed by atoms with Gasteiger partial charge in [0.1, 0.15) is 12.6 Å². The van der Waals surface area contributed by atoms with Crippen LogP contribution >= 0.6 is 0 Å². The Morgan fingerprint density at radius 1 is 1.11 bits per heavy atom. The number of carbonyl (C=O) groups excluding carboxylic acids is 3. The highest BCUT2D eigenvalue weighted by Crippen LogP contribution is 2.35. The van der Waals surface area contributed by atoms with Gasteiger partial charge in [-0.1, -0.05) is 45.4 Å². The van der Waals surface area contributed by atoms with E-state index in [1.165, 1.54) is 0 Å². The van der Waals surface area contributed by atoms with E-state index in [1.54, 1.807) is 30.3 Å². The van der Waals surface area contributed by atoms with E-state index in [2.05, 4.69) is 26.1 Å². The van der Waals surface area contributed by atoms with Crippen molar-refractivity contribution in [2.45, 2.75) is 46.1 Å². The van der Waals surface area contributed by atoms with Gasteiger partial charge in [-0.05, 0) is 42.7 Å². The van der Waals surface area contributed by atoms with E-state index in [0.29, 0.717) is 23.3 Å². The molecule has 27 heavy (non-hydrogen) atoms. The van der Waals surface area contributed by atoms with Gasteiger partial charge in [0.25, 0.3) is 5.91 Å². The molecule has 1 aromatic rings. The van der Waals surface area contributed by atoms with E-state index in [9.17, 15) is 14.4 Å². The summed E-state index contributed by atoms with van der Waals surface area (Å²) in [4.78, 5) is 35.7. The van der Waals surface area contributed by atoms with Crippen LogP contribution < -0.4 is 5.32 Å². The standard InChI is InChI=1S/C21H29NO5/c1-14(2)17-10-9-15(3)11-18(17)27-20(24)13-26-19(23)12-22-21(25)16-7-5-4-6-8-16/h4-8,14-15,17-18H,9-13H2,1-3H3,(H,22,25)/t15-,17+,18-/m1/s1. The average molecular weight is 375 g/mol. The van der Waals surface area contributed by atoms with Gasteiger partial charge in [-0.2, -0.15) is 0 Å².